The number of nitrogens with zero attached hydrogens (tertiary/aromatic N) is 5. The van der Waals surface area contributed by atoms with Gasteiger partial charge >= 0.3 is 0 Å². The van der Waals surface area contributed by atoms with Crippen molar-refractivity contribution < 1.29 is 35.9 Å². The summed E-state index contributed by atoms with van der Waals surface area (Å²) in [7, 11) is -2.12. The van der Waals surface area contributed by atoms with Crippen LogP contribution in [0.4, 0.5) is 19.0 Å². The lowest BCUT2D eigenvalue weighted by molar-refractivity contribution is -0.120. The van der Waals surface area contributed by atoms with Crippen LogP contribution in [0.25, 0.3) is 0 Å². The van der Waals surface area contributed by atoms with E-state index in [2.05, 4.69) is 29.2 Å². The van der Waals surface area contributed by atoms with Crippen LogP contribution in [0.2, 0.25) is 0 Å². The number of anilines is 1. The highest BCUT2D eigenvalue weighted by molar-refractivity contribution is 7.87. The molecule has 0 radical (unpaired) electrons. The van der Waals surface area contributed by atoms with Crippen molar-refractivity contribution >= 4 is 21.9 Å². The standard InChI is InChI=1S/C32H44F3N7O5S/c1-21(2)42(24-13-32(34,35)14-24)30(43)26-12-22(33)4-7-27(26)47-28-15-37-20-38-29(28)41-18-31(19-41)8-10-40(11-9-31)16-25-6-5-23(17-46-25)39-48(44,45)36-3/h4,7,12,15,20-21,23-25,36,39H,5-6,8-11,13-14,16-19H2,1-3H3/t23-,25+/m1/s1. The number of carbonyl (C=O) groups is 1. The van der Waals surface area contributed by atoms with Gasteiger partial charge in [0.25, 0.3) is 22.0 Å². The molecule has 4 aliphatic rings. The minimum absolute atomic E-state index is 0.0436. The highest BCUT2D eigenvalue weighted by Crippen LogP contribution is 2.46. The molecule has 264 valence electrons. The maximum atomic E-state index is 14.4. The molecule has 1 saturated carbocycles. The number of halogens is 3. The third-order valence-corrected chi connectivity index (χ3v) is 11.2. The van der Waals surface area contributed by atoms with Crippen molar-refractivity contribution in [3.63, 3.8) is 0 Å². The first-order valence-corrected chi connectivity index (χ1v) is 18.0. The first kappa shape index (κ1) is 34.8. The van der Waals surface area contributed by atoms with Crippen LogP contribution in [0.15, 0.2) is 30.7 Å². The summed E-state index contributed by atoms with van der Waals surface area (Å²) in [5.41, 5.74) is 0.0836. The van der Waals surface area contributed by atoms with Gasteiger partial charge < -0.3 is 24.2 Å². The van der Waals surface area contributed by atoms with Gasteiger partial charge in [-0.15, -0.1) is 0 Å². The highest BCUT2D eigenvalue weighted by atomic mass is 32.2. The summed E-state index contributed by atoms with van der Waals surface area (Å²) < 4.78 is 82.4. The number of alkyl halides is 2. The molecule has 1 amide bonds. The molecule has 0 unspecified atom stereocenters. The Balaban J connectivity index is 1.05. The number of likely N-dealkylation sites (tertiary alicyclic amines) is 1. The van der Waals surface area contributed by atoms with Crippen LogP contribution >= 0.6 is 0 Å². The molecule has 2 atom stereocenters. The summed E-state index contributed by atoms with van der Waals surface area (Å²) in [6, 6.07) is 2.41. The second-order valence-electron chi connectivity index (χ2n) is 13.9. The molecular formula is C32H44F3N7O5S. The molecule has 1 aliphatic carbocycles. The number of amides is 1. The van der Waals surface area contributed by atoms with Crippen LogP contribution in [-0.4, -0.2) is 111 Å². The maximum Gasteiger partial charge on any atom is 0.276 e. The van der Waals surface area contributed by atoms with Gasteiger partial charge in [0.05, 0.1) is 24.5 Å². The molecule has 2 N–H and O–H groups in total. The number of aromatic nitrogens is 2. The third kappa shape index (κ3) is 7.72. The molecule has 1 aromatic heterocycles. The fraction of sp³-hybridized carbons (Fsp3) is 0.656. The van der Waals surface area contributed by atoms with Gasteiger partial charge in [-0.05, 0) is 70.8 Å². The molecule has 12 nitrogen and oxygen atoms in total. The van der Waals surface area contributed by atoms with E-state index >= 15 is 0 Å². The minimum Gasteiger partial charge on any atom is -0.451 e. The van der Waals surface area contributed by atoms with Crippen LogP contribution in [0.1, 0.15) is 62.7 Å². The van der Waals surface area contributed by atoms with Crippen molar-refractivity contribution in [2.24, 2.45) is 5.41 Å². The fourth-order valence-electron chi connectivity index (χ4n) is 7.33. The van der Waals surface area contributed by atoms with Gasteiger partial charge in [-0.2, -0.15) is 13.1 Å². The molecule has 4 fully saturated rings. The average Bonchev–Trinajstić information content (AvgIpc) is 3.01. The predicted octanol–water partition coefficient (Wildman–Crippen LogP) is 3.56. The zero-order valence-corrected chi connectivity index (χ0v) is 28.3. The van der Waals surface area contributed by atoms with E-state index in [1.54, 1.807) is 13.8 Å². The molecule has 6 rings (SSSR count). The van der Waals surface area contributed by atoms with Gasteiger partial charge in [-0.1, -0.05) is 0 Å². The normalized spacial score (nSPS) is 24.3. The molecule has 1 aromatic carbocycles. The lowest BCUT2D eigenvalue weighted by Gasteiger charge is -2.54. The average molecular weight is 696 g/mol. The van der Waals surface area contributed by atoms with Gasteiger partial charge in [-0.3, -0.25) is 4.79 Å². The Morgan fingerprint density at radius 2 is 1.90 bits per heavy atom. The maximum absolute atomic E-state index is 14.4. The largest absolute Gasteiger partial charge is 0.451 e. The highest BCUT2D eigenvalue weighted by Gasteiger charge is 2.50. The van der Waals surface area contributed by atoms with Gasteiger partial charge in [0, 0.05) is 63.1 Å². The summed E-state index contributed by atoms with van der Waals surface area (Å²) >= 11 is 0. The summed E-state index contributed by atoms with van der Waals surface area (Å²) in [6.07, 6.45) is 5.69. The van der Waals surface area contributed by atoms with E-state index in [1.165, 1.54) is 36.6 Å². The molecule has 0 bridgehead atoms. The monoisotopic (exact) mass is 695 g/mol. The number of benzene rings is 1. The van der Waals surface area contributed by atoms with Crippen LogP contribution in [0.5, 0.6) is 11.5 Å². The Labute approximate surface area is 279 Å². The predicted molar refractivity (Wildman–Crippen MR) is 172 cm³/mol. The summed E-state index contributed by atoms with van der Waals surface area (Å²) in [4.78, 5) is 28.2. The zero-order valence-electron chi connectivity index (χ0n) is 27.5. The molecule has 3 saturated heterocycles. The Morgan fingerprint density at radius 1 is 1.17 bits per heavy atom. The quantitative estimate of drug-likeness (QED) is 0.363. The SMILES string of the molecule is CNS(=O)(=O)N[C@@H]1CC[C@@H](CN2CCC3(CC2)CN(c2ncncc2Oc2ccc(F)cc2C(=O)N(C(C)C)C2CC(F)(F)C2)C3)OC1. The second kappa shape index (κ2) is 13.7. The van der Waals surface area contributed by atoms with Crippen LogP contribution < -0.4 is 19.1 Å². The summed E-state index contributed by atoms with van der Waals surface area (Å²) in [6.45, 7) is 8.06. The van der Waals surface area contributed by atoms with Gasteiger partial charge in [0.2, 0.25) is 0 Å². The van der Waals surface area contributed by atoms with Crippen LogP contribution in [-0.2, 0) is 14.9 Å². The first-order valence-electron chi connectivity index (χ1n) is 16.5. The topological polar surface area (TPSA) is 129 Å². The van der Waals surface area contributed by atoms with E-state index in [4.69, 9.17) is 9.47 Å². The summed E-state index contributed by atoms with van der Waals surface area (Å²) in [5, 5.41) is 0. The minimum atomic E-state index is -3.50. The Morgan fingerprint density at radius 3 is 2.52 bits per heavy atom. The number of hydrogen-bond donors (Lipinski definition) is 2. The lowest BCUT2D eigenvalue weighted by Crippen LogP contribution is -2.61. The molecule has 16 heteroatoms. The molecule has 48 heavy (non-hydrogen) atoms. The smallest absolute Gasteiger partial charge is 0.276 e. The van der Waals surface area contributed by atoms with Crippen molar-refractivity contribution in [2.75, 3.05) is 51.3 Å². The van der Waals surface area contributed by atoms with E-state index in [-0.39, 0.29) is 34.9 Å². The van der Waals surface area contributed by atoms with Crippen molar-refractivity contribution in [1.82, 2.24) is 29.2 Å². The van der Waals surface area contributed by atoms with E-state index in [0.717, 1.165) is 64.5 Å². The Hall–Kier alpha value is -3.05. The van der Waals surface area contributed by atoms with Gasteiger partial charge in [-0.25, -0.2) is 27.9 Å². The number of carbonyl (C=O) groups excluding carboxylic acids is 1. The van der Waals surface area contributed by atoms with Crippen LogP contribution in [0.3, 0.4) is 0 Å². The van der Waals surface area contributed by atoms with Crippen molar-refractivity contribution in [3.8, 4) is 11.5 Å². The Kier molecular flexibility index (Phi) is 9.93. The second-order valence-corrected chi connectivity index (χ2v) is 15.5. The van der Waals surface area contributed by atoms with E-state index in [1.807, 2.05) is 0 Å². The van der Waals surface area contributed by atoms with Crippen molar-refractivity contribution in [2.45, 2.75) is 82.5 Å². The van der Waals surface area contributed by atoms with Crippen molar-refractivity contribution in [1.29, 1.82) is 0 Å². The van der Waals surface area contributed by atoms with Gasteiger partial charge in [0.1, 0.15) is 17.9 Å². The molecule has 1 spiro atoms. The number of hydrogen-bond acceptors (Lipinski definition) is 9. The lowest BCUT2D eigenvalue weighted by atomic mass is 9.72. The van der Waals surface area contributed by atoms with E-state index in [0.29, 0.717) is 18.2 Å². The summed E-state index contributed by atoms with van der Waals surface area (Å²) in [5.74, 6) is -3.02. The Bertz CT molecular complexity index is 1570. The molecule has 4 heterocycles. The molecular weight excluding hydrogens is 651 g/mol. The first-order chi connectivity index (χ1) is 22.8. The molecule has 2 aromatic rings. The molecule has 3 aliphatic heterocycles. The van der Waals surface area contributed by atoms with Gasteiger partial charge in [0.15, 0.2) is 11.6 Å². The number of ether oxygens (including phenoxy) is 2. The van der Waals surface area contributed by atoms with E-state index < -0.39 is 46.7 Å². The van der Waals surface area contributed by atoms with Crippen molar-refractivity contribution in [3.05, 3.63) is 42.1 Å². The van der Waals surface area contributed by atoms with Crippen LogP contribution in [0, 0.1) is 11.2 Å². The number of nitrogens with one attached hydrogen (secondary N) is 2. The number of rotatable bonds is 11. The van der Waals surface area contributed by atoms with E-state index in [9.17, 15) is 26.4 Å². The zero-order chi connectivity index (χ0) is 34.3. The third-order valence-electron chi connectivity index (χ3n) is 9.99. The fourth-order valence-corrected chi connectivity index (χ4v) is 8.08. The number of piperidine rings is 1.